The van der Waals surface area contributed by atoms with Gasteiger partial charge in [-0.3, -0.25) is 0 Å². The number of unbranched alkanes of at least 4 members (excludes halogenated alkanes) is 2. The van der Waals surface area contributed by atoms with Gasteiger partial charge in [0.1, 0.15) is 0 Å². The van der Waals surface area contributed by atoms with E-state index in [4.69, 9.17) is 0 Å². The number of hydrogen-bond donors (Lipinski definition) is 1. The molecule has 0 heterocycles. The maximum absolute atomic E-state index is 13.3. The minimum atomic E-state index is -4.32. The van der Waals surface area contributed by atoms with Crippen LogP contribution in [0.1, 0.15) is 63.1 Å². The van der Waals surface area contributed by atoms with Gasteiger partial charge in [-0.1, -0.05) is 55.1 Å². The van der Waals surface area contributed by atoms with Crippen molar-refractivity contribution in [2.24, 2.45) is 0 Å². The van der Waals surface area contributed by atoms with Crippen LogP contribution in [0, 0.1) is 0 Å². The summed E-state index contributed by atoms with van der Waals surface area (Å²) in [6, 6.07) is 4.22. The van der Waals surface area contributed by atoms with Crippen molar-refractivity contribution in [2.75, 3.05) is 6.54 Å². The van der Waals surface area contributed by atoms with Gasteiger partial charge in [0.25, 0.3) is 0 Å². The first-order valence-electron chi connectivity index (χ1n) is 7.50. The Kier molecular flexibility index (Phi) is 7.74. The van der Waals surface area contributed by atoms with Crippen molar-refractivity contribution >= 4 is 15.9 Å². The lowest BCUT2D eigenvalue weighted by molar-refractivity contribution is -0.138. The third-order valence-corrected chi connectivity index (χ3v) is 3.93. The average Bonchev–Trinajstić information content (AvgIpc) is 2.42. The van der Waals surface area contributed by atoms with Gasteiger partial charge in [0.15, 0.2) is 0 Å². The summed E-state index contributed by atoms with van der Waals surface area (Å²) in [5.74, 6) is 0. The predicted molar refractivity (Wildman–Crippen MR) is 84.3 cm³/mol. The highest BCUT2D eigenvalue weighted by atomic mass is 79.9. The fraction of sp³-hybridized carbons (Fsp3) is 0.625. The van der Waals surface area contributed by atoms with Gasteiger partial charge in [0.2, 0.25) is 0 Å². The van der Waals surface area contributed by atoms with Crippen molar-refractivity contribution in [3.8, 4) is 0 Å². The van der Waals surface area contributed by atoms with Crippen LogP contribution in [-0.2, 0) is 6.18 Å². The molecule has 1 N–H and O–H groups in total. The molecule has 0 aliphatic carbocycles. The molecule has 0 amide bonds. The van der Waals surface area contributed by atoms with Crippen molar-refractivity contribution in [2.45, 2.75) is 58.2 Å². The molecule has 0 aromatic heterocycles. The summed E-state index contributed by atoms with van der Waals surface area (Å²) in [7, 11) is 0. The molecule has 1 aromatic carbocycles. The zero-order chi connectivity index (χ0) is 15.9. The van der Waals surface area contributed by atoms with Crippen LogP contribution in [-0.4, -0.2) is 6.54 Å². The van der Waals surface area contributed by atoms with Gasteiger partial charge in [0.05, 0.1) is 5.56 Å². The summed E-state index contributed by atoms with van der Waals surface area (Å²) in [5.41, 5.74) is -0.183. The molecule has 0 saturated carbocycles. The first kappa shape index (κ1) is 18.5. The Morgan fingerprint density at radius 1 is 1.14 bits per heavy atom. The second kappa shape index (κ2) is 8.79. The Bertz CT molecular complexity index is 432. The smallest absolute Gasteiger partial charge is 0.310 e. The van der Waals surface area contributed by atoms with Crippen molar-refractivity contribution in [1.82, 2.24) is 5.32 Å². The van der Waals surface area contributed by atoms with Crippen LogP contribution in [0.3, 0.4) is 0 Å². The van der Waals surface area contributed by atoms with Gasteiger partial charge in [-0.25, -0.2) is 0 Å². The number of hydrogen-bond acceptors (Lipinski definition) is 1. The zero-order valence-electron chi connectivity index (χ0n) is 12.6. The molecule has 21 heavy (non-hydrogen) atoms. The number of nitrogens with one attached hydrogen (secondary N) is 1. The number of benzene rings is 1. The maximum Gasteiger partial charge on any atom is 0.416 e. The molecule has 0 radical (unpaired) electrons. The van der Waals surface area contributed by atoms with Crippen molar-refractivity contribution in [3.63, 3.8) is 0 Å². The molecule has 0 spiro atoms. The van der Waals surface area contributed by atoms with E-state index in [9.17, 15) is 13.2 Å². The maximum atomic E-state index is 13.3. The molecule has 0 bridgehead atoms. The van der Waals surface area contributed by atoms with Crippen molar-refractivity contribution in [3.05, 3.63) is 33.8 Å². The highest BCUT2D eigenvalue weighted by Crippen LogP contribution is 2.37. The normalized spacial score (nSPS) is 13.4. The molecule has 0 aliphatic heterocycles. The number of alkyl halides is 3. The van der Waals surface area contributed by atoms with Crippen LogP contribution >= 0.6 is 15.9 Å². The SMILES string of the molecule is CCCCCC(NCCC)c1ccc(Br)cc1C(F)(F)F. The summed E-state index contributed by atoms with van der Waals surface area (Å²) in [6.45, 7) is 4.84. The van der Waals surface area contributed by atoms with E-state index in [0.717, 1.165) is 38.6 Å². The summed E-state index contributed by atoms with van der Waals surface area (Å²) in [5, 5.41) is 3.26. The van der Waals surface area contributed by atoms with E-state index in [-0.39, 0.29) is 6.04 Å². The fourth-order valence-electron chi connectivity index (χ4n) is 2.36. The zero-order valence-corrected chi connectivity index (χ0v) is 14.1. The third kappa shape index (κ3) is 5.99. The first-order chi connectivity index (χ1) is 9.90. The van der Waals surface area contributed by atoms with Crippen LogP contribution in [0.5, 0.6) is 0 Å². The Morgan fingerprint density at radius 2 is 1.86 bits per heavy atom. The second-order valence-electron chi connectivity index (χ2n) is 5.23. The summed E-state index contributed by atoms with van der Waals surface area (Å²) >= 11 is 3.13. The lowest BCUT2D eigenvalue weighted by Crippen LogP contribution is -2.25. The topological polar surface area (TPSA) is 12.0 Å². The van der Waals surface area contributed by atoms with Crippen molar-refractivity contribution in [1.29, 1.82) is 0 Å². The van der Waals surface area contributed by atoms with Gasteiger partial charge in [-0.15, -0.1) is 0 Å². The van der Waals surface area contributed by atoms with Crippen molar-refractivity contribution < 1.29 is 13.2 Å². The van der Waals surface area contributed by atoms with E-state index in [0.29, 0.717) is 10.0 Å². The summed E-state index contributed by atoms with van der Waals surface area (Å²) in [6.07, 6.45) is 0.358. The highest BCUT2D eigenvalue weighted by molar-refractivity contribution is 9.10. The minimum absolute atomic E-state index is 0.235. The average molecular weight is 366 g/mol. The largest absolute Gasteiger partial charge is 0.416 e. The molecule has 0 aliphatic rings. The van der Waals surface area contributed by atoms with E-state index in [2.05, 4.69) is 28.2 Å². The Balaban J connectivity index is 3.04. The van der Waals surface area contributed by atoms with E-state index < -0.39 is 11.7 Å². The Hall–Kier alpha value is -0.550. The minimum Gasteiger partial charge on any atom is -0.310 e. The molecule has 5 heteroatoms. The van der Waals surface area contributed by atoms with E-state index in [1.165, 1.54) is 6.07 Å². The highest BCUT2D eigenvalue weighted by Gasteiger charge is 2.35. The molecule has 1 nitrogen and oxygen atoms in total. The Morgan fingerprint density at radius 3 is 2.43 bits per heavy atom. The molecule has 1 rings (SSSR count). The molecule has 0 saturated heterocycles. The van der Waals surface area contributed by atoms with Crippen LogP contribution < -0.4 is 5.32 Å². The van der Waals surface area contributed by atoms with Crippen LogP contribution in [0.4, 0.5) is 13.2 Å². The van der Waals surface area contributed by atoms with Crippen LogP contribution in [0.2, 0.25) is 0 Å². The van der Waals surface area contributed by atoms with E-state index in [1.54, 1.807) is 12.1 Å². The predicted octanol–water partition coefficient (Wildman–Crippen LogP) is 6.09. The van der Waals surface area contributed by atoms with Crippen LogP contribution in [0.25, 0.3) is 0 Å². The Labute approximate surface area is 133 Å². The molecule has 1 unspecified atom stereocenters. The van der Waals surface area contributed by atoms with Gasteiger partial charge >= 0.3 is 6.18 Å². The quantitative estimate of drug-likeness (QED) is 0.549. The molecule has 1 atom stereocenters. The molecular formula is C16H23BrF3N. The molecular weight excluding hydrogens is 343 g/mol. The first-order valence-corrected chi connectivity index (χ1v) is 8.29. The summed E-state index contributed by atoms with van der Waals surface area (Å²) < 4.78 is 40.2. The number of halogens is 4. The van der Waals surface area contributed by atoms with Crippen LogP contribution in [0.15, 0.2) is 22.7 Å². The van der Waals surface area contributed by atoms with E-state index >= 15 is 0 Å². The lowest BCUT2D eigenvalue weighted by atomic mass is 9.95. The molecule has 0 fully saturated rings. The van der Waals surface area contributed by atoms with Gasteiger partial charge < -0.3 is 5.32 Å². The van der Waals surface area contributed by atoms with Gasteiger partial charge in [-0.05, 0) is 37.1 Å². The van der Waals surface area contributed by atoms with E-state index in [1.807, 2.05) is 6.92 Å². The molecule has 120 valence electrons. The monoisotopic (exact) mass is 365 g/mol. The number of rotatable bonds is 8. The third-order valence-electron chi connectivity index (χ3n) is 3.43. The summed E-state index contributed by atoms with van der Waals surface area (Å²) in [4.78, 5) is 0. The fourth-order valence-corrected chi connectivity index (χ4v) is 2.72. The standard InChI is InChI=1S/C16H23BrF3N/c1-3-5-6-7-15(21-10-4-2)13-9-8-12(17)11-14(13)16(18,19)20/h8-9,11,15,21H,3-7,10H2,1-2H3. The van der Waals surface area contributed by atoms with Gasteiger partial charge in [0, 0.05) is 10.5 Å². The van der Waals surface area contributed by atoms with Gasteiger partial charge in [-0.2, -0.15) is 13.2 Å². The lowest BCUT2D eigenvalue weighted by Gasteiger charge is -2.23. The molecule has 1 aromatic rings. The second-order valence-corrected chi connectivity index (χ2v) is 6.15.